The molecule has 0 radical (unpaired) electrons. The van der Waals surface area contributed by atoms with Gasteiger partial charge in [0.2, 0.25) is 0 Å². The van der Waals surface area contributed by atoms with Crippen LogP contribution in [-0.4, -0.2) is 0 Å². The third-order valence-corrected chi connectivity index (χ3v) is 10.6. The van der Waals surface area contributed by atoms with Crippen molar-refractivity contribution in [3.63, 3.8) is 0 Å². The summed E-state index contributed by atoms with van der Waals surface area (Å²) in [5.41, 5.74) is 7.65. The summed E-state index contributed by atoms with van der Waals surface area (Å²) in [6.45, 7) is 0. The Hall–Kier alpha value is -6.68. The lowest BCUT2D eigenvalue weighted by Crippen LogP contribution is -2.33. The van der Waals surface area contributed by atoms with Crippen molar-refractivity contribution < 1.29 is 14.8 Å². The zero-order chi connectivity index (χ0) is 37.2. The molecule has 0 saturated carbocycles. The highest BCUT2D eigenvalue weighted by atomic mass is 17.5. The first-order valence-electron chi connectivity index (χ1n) is 18.8. The molecule has 0 aliphatic carbocycles. The molecular weight excluding hydrogens is 673 g/mol. The van der Waals surface area contributed by atoms with Gasteiger partial charge in [-0.2, -0.15) is 0 Å². The lowest BCUT2D eigenvalue weighted by molar-refractivity contribution is -0.411. The molecule has 0 amide bonds. The van der Waals surface area contributed by atoms with E-state index in [-0.39, 0.29) is 0 Å². The van der Waals surface area contributed by atoms with E-state index in [0.717, 1.165) is 33.4 Å². The van der Waals surface area contributed by atoms with E-state index in [0.29, 0.717) is 24.3 Å². The minimum atomic E-state index is -0.618. The van der Waals surface area contributed by atoms with Crippen LogP contribution >= 0.6 is 0 Å². The second kappa shape index (κ2) is 16.6. The number of hydrogen-bond donors (Lipinski definition) is 0. The number of hydrogen-bond acceptors (Lipinski definition) is 3. The molecular formula is C52H42O3. The van der Waals surface area contributed by atoms with Gasteiger partial charge in [-0.1, -0.05) is 218 Å². The predicted octanol–water partition coefficient (Wildman–Crippen LogP) is 12.1. The molecule has 0 N–H and O–H groups in total. The van der Waals surface area contributed by atoms with Gasteiger partial charge in [-0.15, -0.1) is 0 Å². The first-order valence-corrected chi connectivity index (χ1v) is 18.8. The Morgan fingerprint density at radius 2 is 0.527 bits per heavy atom. The van der Waals surface area contributed by atoms with Gasteiger partial charge < -0.3 is 0 Å². The van der Waals surface area contributed by atoms with Crippen LogP contribution in [0.2, 0.25) is 0 Å². The molecule has 0 aromatic heterocycles. The Morgan fingerprint density at radius 3 is 0.836 bits per heavy atom. The molecule has 0 aliphatic rings. The molecule has 268 valence electrons. The molecule has 0 spiro atoms. The average Bonchev–Trinajstić information content (AvgIpc) is 3.27. The van der Waals surface area contributed by atoms with Gasteiger partial charge in [0.05, 0.1) is 10.8 Å². The molecule has 55 heavy (non-hydrogen) atoms. The Bertz CT molecular complexity index is 2130. The Balaban J connectivity index is 1.21. The molecule has 3 heteroatoms. The SMILES string of the molecule is c1ccc(CC(c2ccccc2)(c2ccccc2)c2ccccc2OOOc2ccccc2C(Cc2ccccc2)(c2ccccc2)c2ccccc2)cc1. The fourth-order valence-corrected chi connectivity index (χ4v) is 8.12. The van der Waals surface area contributed by atoms with Crippen LogP contribution in [0.15, 0.2) is 231 Å². The normalized spacial score (nSPS) is 11.5. The Morgan fingerprint density at radius 1 is 0.273 bits per heavy atom. The van der Waals surface area contributed by atoms with Crippen LogP contribution in [0.3, 0.4) is 0 Å². The zero-order valence-corrected chi connectivity index (χ0v) is 30.6. The highest BCUT2D eigenvalue weighted by Gasteiger charge is 2.41. The van der Waals surface area contributed by atoms with Gasteiger partial charge in [0.25, 0.3) is 0 Å². The van der Waals surface area contributed by atoms with E-state index >= 15 is 0 Å². The highest BCUT2D eigenvalue weighted by molar-refractivity contribution is 5.58. The summed E-state index contributed by atoms with van der Waals surface area (Å²) in [5.74, 6) is 1.12. The maximum Gasteiger partial charge on any atom is 0.174 e. The van der Waals surface area contributed by atoms with Gasteiger partial charge in [0.1, 0.15) is 0 Å². The van der Waals surface area contributed by atoms with E-state index in [9.17, 15) is 0 Å². The minimum absolute atomic E-state index is 0.560. The standard InChI is InChI=1S/C52H42O3/c1-7-23-41(24-8-1)39-51(43-27-11-3-12-28-43,44-29-13-4-14-30-44)47-35-19-21-37-49(47)53-55-54-50-38-22-20-36-48(50)52(45-31-15-5-16-32-45,46-33-17-6-18-34-46)40-42-25-9-2-10-26-42/h1-38H,39-40H2. The van der Waals surface area contributed by atoms with Gasteiger partial charge in [0.15, 0.2) is 11.5 Å². The summed E-state index contributed by atoms with van der Waals surface area (Å²) in [4.78, 5) is 12.6. The maximum atomic E-state index is 6.30. The molecule has 8 aromatic rings. The van der Waals surface area contributed by atoms with Gasteiger partial charge in [-0.25, -0.2) is 0 Å². The van der Waals surface area contributed by atoms with Crippen LogP contribution in [0.25, 0.3) is 0 Å². The van der Waals surface area contributed by atoms with Crippen LogP contribution in [0.4, 0.5) is 0 Å². The monoisotopic (exact) mass is 714 g/mol. The van der Waals surface area contributed by atoms with Crippen LogP contribution in [0.5, 0.6) is 11.5 Å². The second-order valence-corrected chi connectivity index (χ2v) is 13.8. The molecule has 8 rings (SSSR count). The quantitative estimate of drug-likeness (QED) is 0.0638. The molecule has 0 saturated heterocycles. The van der Waals surface area contributed by atoms with Crippen molar-refractivity contribution in [2.45, 2.75) is 23.7 Å². The van der Waals surface area contributed by atoms with E-state index in [1.165, 1.54) is 11.1 Å². The van der Waals surface area contributed by atoms with E-state index in [4.69, 9.17) is 14.8 Å². The third kappa shape index (κ3) is 7.31. The topological polar surface area (TPSA) is 27.7 Å². The van der Waals surface area contributed by atoms with E-state index < -0.39 is 10.8 Å². The summed E-state index contributed by atoms with van der Waals surface area (Å²) in [5, 5.41) is 5.92. The van der Waals surface area contributed by atoms with Crippen LogP contribution in [0, 0.1) is 0 Å². The predicted molar refractivity (Wildman–Crippen MR) is 221 cm³/mol. The highest BCUT2D eigenvalue weighted by Crippen LogP contribution is 2.48. The van der Waals surface area contributed by atoms with Crippen molar-refractivity contribution in [3.8, 4) is 11.5 Å². The van der Waals surface area contributed by atoms with Gasteiger partial charge >= 0.3 is 0 Å². The number of benzene rings is 8. The average molecular weight is 715 g/mol. The summed E-state index contributed by atoms with van der Waals surface area (Å²) in [6, 6.07) is 80.0. The van der Waals surface area contributed by atoms with Crippen molar-refractivity contribution in [1.82, 2.24) is 0 Å². The van der Waals surface area contributed by atoms with Crippen molar-refractivity contribution >= 4 is 0 Å². The van der Waals surface area contributed by atoms with Crippen LogP contribution in [-0.2, 0) is 28.7 Å². The lowest BCUT2D eigenvalue weighted by atomic mass is 9.66. The molecule has 0 bridgehead atoms. The largest absolute Gasteiger partial charge is 0.299 e. The third-order valence-electron chi connectivity index (χ3n) is 10.6. The van der Waals surface area contributed by atoms with Crippen molar-refractivity contribution in [2.24, 2.45) is 0 Å². The van der Waals surface area contributed by atoms with Crippen LogP contribution < -0.4 is 9.78 Å². The van der Waals surface area contributed by atoms with Gasteiger partial charge in [0, 0.05) is 16.2 Å². The lowest BCUT2D eigenvalue weighted by Gasteiger charge is -2.37. The van der Waals surface area contributed by atoms with Gasteiger partial charge in [-0.3, -0.25) is 9.78 Å². The van der Waals surface area contributed by atoms with E-state index in [1.807, 2.05) is 24.3 Å². The molecule has 3 nitrogen and oxygen atoms in total. The summed E-state index contributed by atoms with van der Waals surface area (Å²) < 4.78 is 0. The number of rotatable bonds is 14. The van der Waals surface area contributed by atoms with Crippen molar-refractivity contribution in [1.29, 1.82) is 0 Å². The van der Waals surface area contributed by atoms with E-state index in [2.05, 4.69) is 206 Å². The zero-order valence-electron chi connectivity index (χ0n) is 30.6. The molecule has 0 aliphatic heterocycles. The summed E-state index contributed by atoms with van der Waals surface area (Å²) in [6.07, 6.45) is 1.39. The molecule has 0 heterocycles. The summed E-state index contributed by atoms with van der Waals surface area (Å²) in [7, 11) is 0. The first kappa shape index (κ1) is 35.4. The fraction of sp³-hybridized carbons (Fsp3) is 0.0769. The molecule has 8 aromatic carbocycles. The van der Waals surface area contributed by atoms with E-state index in [1.54, 1.807) is 0 Å². The fourth-order valence-electron chi connectivity index (χ4n) is 8.12. The van der Waals surface area contributed by atoms with Crippen molar-refractivity contribution in [2.75, 3.05) is 0 Å². The summed E-state index contributed by atoms with van der Waals surface area (Å²) >= 11 is 0. The Labute approximate surface area is 323 Å². The smallest absolute Gasteiger partial charge is 0.174 e. The Kier molecular flexibility index (Phi) is 10.6. The molecule has 0 unspecified atom stereocenters. The maximum absolute atomic E-state index is 6.30. The molecule has 0 atom stereocenters. The van der Waals surface area contributed by atoms with Crippen LogP contribution in [0.1, 0.15) is 44.5 Å². The number of para-hydroxylation sites is 2. The second-order valence-electron chi connectivity index (χ2n) is 13.8. The molecule has 0 fully saturated rings. The van der Waals surface area contributed by atoms with Gasteiger partial charge in [-0.05, 0) is 58.4 Å². The first-order chi connectivity index (χ1) is 27.3. The van der Waals surface area contributed by atoms with Crippen molar-refractivity contribution in [3.05, 3.63) is 275 Å². The minimum Gasteiger partial charge on any atom is -0.299 e.